The zero-order valence-electron chi connectivity index (χ0n) is 17.7. The number of amides is 1. The van der Waals surface area contributed by atoms with E-state index >= 15 is 0 Å². The second-order valence-corrected chi connectivity index (χ2v) is 7.70. The highest BCUT2D eigenvalue weighted by Crippen LogP contribution is 2.28. The average molecular weight is 423 g/mol. The van der Waals surface area contributed by atoms with Gasteiger partial charge in [-0.3, -0.25) is 14.6 Å². The number of hydrogen-bond donors (Lipinski definition) is 1. The van der Waals surface area contributed by atoms with E-state index in [0.717, 1.165) is 22.2 Å². The Kier molecular flexibility index (Phi) is 4.78. The molecule has 0 bridgehead atoms. The van der Waals surface area contributed by atoms with Gasteiger partial charge in [0.05, 0.1) is 17.9 Å². The summed E-state index contributed by atoms with van der Waals surface area (Å²) in [5.74, 6) is -0.363. The van der Waals surface area contributed by atoms with Gasteiger partial charge in [0, 0.05) is 29.5 Å². The molecule has 3 aromatic heterocycles. The van der Waals surface area contributed by atoms with Gasteiger partial charge in [-0.1, -0.05) is 42.0 Å². The number of carbonyl (C=O) groups is 1. The Morgan fingerprint density at radius 1 is 1.00 bits per heavy atom. The van der Waals surface area contributed by atoms with Crippen molar-refractivity contribution >= 4 is 27.7 Å². The molecule has 5 rings (SSSR count). The Balaban J connectivity index is 1.73. The van der Waals surface area contributed by atoms with Crippen molar-refractivity contribution in [1.82, 2.24) is 24.6 Å². The van der Waals surface area contributed by atoms with Crippen molar-refractivity contribution in [1.29, 1.82) is 0 Å². The van der Waals surface area contributed by atoms with E-state index < -0.39 is 0 Å². The van der Waals surface area contributed by atoms with Crippen LogP contribution in [0.3, 0.4) is 0 Å². The molecular weight excluding hydrogens is 402 g/mol. The monoisotopic (exact) mass is 423 g/mol. The van der Waals surface area contributed by atoms with Gasteiger partial charge in [-0.15, -0.1) is 0 Å². The molecule has 0 aliphatic heterocycles. The summed E-state index contributed by atoms with van der Waals surface area (Å²) in [4.78, 5) is 31.1. The summed E-state index contributed by atoms with van der Waals surface area (Å²) >= 11 is 0. The van der Waals surface area contributed by atoms with Crippen LogP contribution in [-0.2, 0) is 13.6 Å². The van der Waals surface area contributed by atoms with Gasteiger partial charge in [0.1, 0.15) is 5.52 Å². The third-order valence-electron chi connectivity index (χ3n) is 5.59. The summed E-state index contributed by atoms with van der Waals surface area (Å²) in [5, 5.41) is 8.80. The number of para-hydroxylation sites is 1. The fourth-order valence-electron chi connectivity index (χ4n) is 3.96. The Hall–Kier alpha value is -4.26. The van der Waals surface area contributed by atoms with Crippen LogP contribution in [0.1, 0.15) is 21.7 Å². The van der Waals surface area contributed by atoms with E-state index in [2.05, 4.69) is 15.4 Å². The predicted molar refractivity (Wildman–Crippen MR) is 124 cm³/mol. The van der Waals surface area contributed by atoms with Crippen molar-refractivity contribution in [3.05, 3.63) is 100 Å². The van der Waals surface area contributed by atoms with E-state index in [1.165, 1.54) is 4.68 Å². The molecule has 7 heteroatoms. The minimum atomic E-state index is -0.363. The third-order valence-corrected chi connectivity index (χ3v) is 5.59. The molecule has 0 aliphatic carbocycles. The zero-order valence-corrected chi connectivity index (χ0v) is 17.7. The third kappa shape index (κ3) is 3.24. The number of pyridine rings is 1. The number of fused-ring (bicyclic) bond motifs is 3. The molecule has 0 atom stereocenters. The van der Waals surface area contributed by atoms with Crippen LogP contribution in [0.2, 0.25) is 0 Å². The molecule has 0 unspecified atom stereocenters. The first-order valence-corrected chi connectivity index (χ1v) is 10.3. The summed E-state index contributed by atoms with van der Waals surface area (Å²) in [6.45, 7) is 2.24. The van der Waals surface area contributed by atoms with E-state index in [0.29, 0.717) is 16.6 Å². The molecule has 1 N–H and O–H groups in total. The maximum Gasteiger partial charge on any atom is 0.296 e. The molecular formula is C25H21N5O2. The number of hydrogen-bond acceptors (Lipinski definition) is 4. The first-order valence-electron chi connectivity index (χ1n) is 10.3. The number of carbonyl (C=O) groups excluding carboxylic acids is 1. The standard InChI is InChI=1S/C25H21N5O2/c1-16-10-12-18(13-11-16)30-25(32)23-21(19-8-3-4-9-20(19)29(23)2)22(28-30)24(31)27-15-17-7-5-6-14-26-17/h3-14H,15H2,1-2H3,(H,27,31). The maximum absolute atomic E-state index is 13.5. The Morgan fingerprint density at radius 2 is 1.75 bits per heavy atom. The lowest BCUT2D eigenvalue weighted by Crippen LogP contribution is -2.30. The molecule has 0 fully saturated rings. The lowest BCUT2D eigenvalue weighted by Gasteiger charge is -2.11. The molecule has 3 heterocycles. The fraction of sp³-hybridized carbons (Fsp3) is 0.120. The van der Waals surface area contributed by atoms with Gasteiger partial charge >= 0.3 is 0 Å². The van der Waals surface area contributed by atoms with E-state index in [4.69, 9.17) is 0 Å². The van der Waals surface area contributed by atoms with Crippen LogP contribution in [0.4, 0.5) is 0 Å². The molecule has 0 aliphatic rings. The van der Waals surface area contributed by atoms with Crippen LogP contribution in [0, 0.1) is 6.92 Å². The molecule has 158 valence electrons. The number of nitrogens with one attached hydrogen (secondary N) is 1. The lowest BCUT2D eigenvalue weighted by atomic mass is 10.1. The quantitative estimate of drug-likeness (QED) is 0.480. The minimum absolute atomic E-state index is 0.202. The van der Waals surface area contributed by atoms with Crippen LogP contribution in [0.5, 0.6) is 0 Å². The fourth-order valence-corrected chi connectivity index (χ4v) is 3.96. The molecule has 0 saturated heterocycles. The van der Waals surface area contributed by atoms with Crippen LogP contribution in [0.25, 0.3) is 27.5 Å². The summed E-state index contributed by atoms with van der Waals surface area (Å²) in [5.41, 5.74) is 3.64. The smallest absolute Gasteiger partial charge is 0.296 e. The molecule has 1 amide bonds. The second-order valence-electron chi connectivity index (χ2n) is 7.70. The van der Waals surface area contributed by atoms with Gasteiger partial charge in [0.25, 0.3) is 11.5 Å². The number of rotatable bonds is 4. The van der Waals surface area contributed by atoms with Crippen LogP contribution in [0.15, 0.2) is 77.7 Å². The average Bonchev–Trinajstić information content (AvgIpc) is 3.12. The van der Waals surface area contributed by atoms with Gasteiger partial charge in [-0.05, 0) is 37.3 Å². The Labute approximate surface area is 183 Å². The van der Waals surface area contributed by atoms with Crippen molar-refractivity contribution in [2.24, 2.45) is 7.05 Å². The number of aryl methyl sites for hydroxylation is 2. The normalized spacial score (nSPS) is 11.2. The van der Waals surface area contributed by atoms with E-state index in [-0.39, 0.29) is 23.7 Å². The van der Waals surface area contributed by atoms with Crippen molar-refractivity contribution < 1.29 is 4.79 Å². The Morgan fingerprint density at radius 3 is 2.50 bits per heavy atom. The Bertz CT molecular complexity index is 1520. The van der Waals surface area contributed by atoms with Crippen molar-refractivity contribution in [2.75, 3.05) is 0 Å². The van der Waals surface area contributed by atoms with Gasteiger partial charge in [-0.2, -0.15) is 9.78 Å². The highest BCUT2D eigenvalue weighted by Gasteiger charge is 2.23. The first-order chi connectivity index (χ1) is 15.5. The van der Waals surface area contributed by atoms with E-state index in [9.17, 15) is 9.59 Å². The molecule has 7 nitrogen and oxygen atoms in total. The van der Waals surface area contributed by atoms with Crippen LogP contribution < -0.4 is 10.9 Å². The zero-order chi connectivity index (χ0) is 22.2. The molecule has 5 aromatic rings. The molecule has 32 heavy (non-hydrogen) atoms. The number of nitrogens with zero attached hydrogens (tertiary/aromatic N) is 4. The summed E-state index contributed by atoms with van der Waals surface area (Å²) < 4.78 is 3.13. The summed E-state index contributed by atoms with van der Waals surface area (Å²) in [6, 6.07) is 20.7. The largest absolute Gasteiger partial charge is 0.345 e. The topological polar surface area (TPSA) is 81.8 Å². The van der Waals surface area contributed by atoms with E-state index in [1.807, 2.05) is 85.3 Å². The highest BCUT2D eigenvalue weighted by atomic mass is 16.2. The second kappa shape index (κ2) is 7.77. The lowest BCUT2D eigenvalue weighted by molar-refractivity contribution is 0.0945. The molecule has 0 radical (unpaired) electrons. The first kappa shape index (κ1) is 19.7. The van der Waals surface area contributed by atoms with Gasteiger partial charge in [-0.25, -0.2) is 0 Å². The van der Waals surface area contributed by atoms with Gasteiger partial charge < -0.3 is 9.88 Å². The predicted octanol–water partition coefficient (Wildman–Crippen LogP) is 3.51. The molecule has 0 saturated carbocycles. The summed E-state index contributed by atoms with van der Waals surface area (Å²) in [6.07, 6.45) is 1.68. The van der Waals surface area contributed by atoms with Crippen molar-refractivity contribution in [3.63, 3.8) is 0 Å². The van der Waals surface area contributed by atoms with Crippen LogP contribution >= 0.6 is 0 Å². The van der Waals surface area contributed by atoms with Crippen molar-refractivity contribution in [2.45, 2.75) is 13.5 Å². The number of benzene rings is 2. The summed E-state index contributed by atoms with van der Waals surface area (Å²) in [7, 11) is 1.83. The van der Waals surface area contributed by atoms with E-state index in [1.54, 1.807) is 6.20 Å². The molecule has 0 spiro atoms. The van der Waals surface area contributed by atoms with Gasteiger partial charge in [0.2, 0.25) is 0 Å². The highest BCUT2D eigenvalue weighted by molar-refractivity contribution is 6.16. The maximum atomic E-state index is 13.5. The molecule has 2 aromatic carbocycles. The van der Waals surface area contributed by atoms with Crippen molar-refractivity contribution in [3.8, 4) is 5.69 Å². The van der Waals surface area contributed by atoms with Crippen LogP contribution in [-0.4, -0.2) is 25.2 Å². The minimum Gasteiger partial charge on any atom is -0.345 e. The SMILES string of the molecule is Cc1ccc(-n2nc(C(=O)NCc3ccccn3)c3c4ccccc4n(C)c3c2=O)cc1. The van der Waals surface area contributed by atoms with Gasteiger partial charge in [0.15, 0.2) is 5.69 Å². The number of aromatic nitrogens is 4.